The van der Waals surface area contributed by atoms with E-state index in [0.29, 0.717) is 0 Å². The van der Waals surface area contributed by atoms with Gasteiger partial charge in [0, 0.05) is 30.6 Å². The number of hydrogen-bond acceptors (Lipinski definition) is 5. The average Bonchev–Trinajstić information content (AvgIpc) is 3.09. The van der Waals surface area contributed by atoms with Crippen LogP contribution in [-0.4, -0.2) is 25.7 Å². The number of carbonyl (C=O) groups excluding carboxylic acids is 1. The van der Waals surface area contributed by atoms with Crippen molar-refractivity contribution < 1.29 is 13.6 Å². The van der Waals surface area contributed by atoms with Crippen molar-refractivity contribution in [2.45, 2.75) is 6.54 Å². The number of rotatable bonds is 4. The molecule has 0 saturated carbocycles. The Hall–Kier alpha value is -3.07. The zero-order valence-electron chi connectivity index (χ0n) is 12.6. The van der Waals surface area contributed by atoms with Crippen molar-refractivity contribution in [2.75, 3.05) is 5.73 Å². The highest BCUT2D eigenvalue weighted by molar-refractivity contribution is 6.31. The van der Waals surface area contributed by atoms with E-state index in [9.17, 15) is 13.6 Å². The summed E-state index contributed by atoms with van der Waals surface area (Å²) < 4.78 is 27.8. The molecule has 0 bridgehead atoms. The molecule has 1 amide bonds. The molecule has 10 heteroatoms. The molecule has 3 aromatic rings. The number of carbonyl (C=O) groups is 1. The SMILES string of the molecule is Nc1nc(-n2cccn2)c(Cl)nc1C(=O)NCc1ccc(F)cc1F. The van der Waals surface area contributed by atoms with E-state index >= 15 is 0 Å². The first-order valence-corrected chi connectivity index (χ1v) is 7.38. The fourth-order valence-corrected chi connectivity index (χ4v) is 2.26. The van der Waals surface area contributed by atoms with E-state index in [1.165, 1.54) is 16.9 Å². The number of nitrogen functional groups attached to an aromatic ring is 1. The second-order valence-corrected chi connectivity index (χ2v) is 5.30. The topological polar surface area (TPSA) is 98.7 Å². The maximum Gasteiger partial charge on any atom is 0.274 e. The van der Waals surface area contributed by atoms with Crippen LogP contribution in [0.25, 0.3) is 5.82 Å². The largest absolute Gasteiger partial charge is 0.382 e. The first kappa shape index (κ1) is 16.8. The summed E-state index contributed by atoms with van der Waals surface area (Å²) in [5.74, 6) is -2.16. The van der Waals surface area contributed by atoms with E-state index in [2.05, 4.69) is 20.4 Å². The molecule has 2 heterocycles. The zero-order valence-corrected chi connectivity index (χ0v) is 13.3. The standard InChI is InChI=1S/C15H11ClF2N6O/c16-12-14(24-5-1-4-21-24)23-13(19)11(22-12)15(25)20-7-8-2-3-9(17)6-10(8)18/h1-6H,7H2,(H2,19,23)(H,20,25). The summed E-state index contributed by atoms with van der Waals surface area (Å²) in [7, 11) is 0. The van der Waals surface area contributed by atoms with Crippen molar-refractivity contribution in [3.05, 3.63) is 64.7 Å². The molecule has 0 atom stereocenters. The molecule has 0 fully saturated rings. The van der Waals surface area contributed by atoms with Crippen molar-refractivity contribution in [3.63, 3.8) is 0 Å². The van der Waals surface area contributed by atoms with E-state index in [1.54, 1.807) is 12.3 Å². The lowest BCUT2D eigenvalue weighted by atomic mass is 10.2. The van der Waals surface area contributed by atoms with Gasteiger partial charge >= 0.3 is 0 Å². The van der Waals surface area contributed by atoms with Crippen LogP contribution in [0.3, 0.4) is 0 Å². The van der Waals surface area contributed by atoms with Gasteiger partial charge in [-0.1, -0.05) is 17.7 Å². The molecule has 3 rings (SSSR count). The van der Waals surface area contributed by atoms with Gasteiger partial charge in [0.2, 0.25) is 0 Å². The number of hydrogen-bond donors (Lipinski definition) is 2. The quantitative estimate of drug-likeness (QED) is 0.738. The second kappa shape index (κ2) is 6.81. The van der Waals surface area contributed by atoms with Gasteiger partial charge < -0.3 is 11.1 Å². The van der Waals surface area contributed by atoms with Gasteiger partial charge in [0.05, 0.1) is 0 Å². The van der Waals surface area contributed by atoms with E-state index in [4.69, 9.17) is 17.3 Å². The number of benzene rings is 1. The molecular weight excluding hydrogens is 354 g/mol. The van der Waals surface area contributed by atoms with Crippen molar-refractivity contribution in [3.8, 4) is 5.82 Å². The molecule has 0 saturated heterocycles. The fourth-order valence-electron chi connectivity index (χ4n) is 2.05. The van der Waals surface area contributed by atoms with Gasteiger partial charge in [-0.05, 0) is 12.1 Å². The number of nitrogens with two attached hydrogens (primary N) is 1. The van der Waals surface area contributed by atoms with Gasteiger partial charge in [0.15, 0.2) is 22.5 Å². The van der Waals surface area contributed by atoms with Gasteiger partial charge in [-0.3, -0.25) is 4.79 Å². The molecule has 0 unspecified atom stereocenters. The molecule has 25 heavy (non-hydrogen) atoms. The summed E-state index contributed by atoms with van der Waals surface area (Å²) in [5.41, 5.74) is 5.66. The molecule has 0 radical (unpaired) electrons. The van der Waals surface area contributed by atoms with Crippen LogP contribution >= 0.6 is 11.6 Å². The van der Waals surface area contributed by atoms with Gasteiger partial charge in [-0.25, -0.2) is 23.4 Å². The first-order chi connectivity index (χ1) is 12.0. The van der Waals surface area contributed by atoms with Crippen molar-refractivity contribution in [2.24, 2.45) is 0 Å². The lowest BCUT2D eigenvalue weighted by Crippen LogP contribution is -2.26. The lowest BCUT2D eigenvalue weighted by molar-refractivity contribution is 0.0946. The third-order valence-electron chi connectivity index (χ3n) is 3.25. The number of aromatic nitrogens is 4. The molecule has 2 aromatic heterocycles. The monoisotopic (exact) mass is 364 g/mol. The summed E-state index contributed by atoms with van der Waals surface area (Å²) in [6.07, 6.45) is 3.11. The number of nitrogens with one attached hydrogen (secondary N) is 1. The van der Waals surface area contributed by atoms with Crippen LogP contribution in [0.15, 0.2) is 36.7 Å². The van der Waals surface area contributed by atoms with E-state index in [-0.39, 0.29) is 34.6 Å². The summed E-state index contributed by atoms with van der Waals surface area (Å²) in [5, 5.41) is 6.32. The predicted octanol–water partition coefficient (Wildman–Crippen LogP) is 2.11. The first-order valence-electron chi connectivity index (χ1n) is 7.01. The molecule has 0 aliphatic heterocycles. The second-order valence-electron chi connectivity index (χ2n) is 4.94. The Morgan fingerprint density at radius 3 is 2.80 bits per heavy atom. The Bertz CT molecular complexity index is 932. The lowest BCUT2D eigenvalue weighted by Gasteiger charge is -2.10. The van der Waals surface area contributed by atoms with E-state index < -0.39 is 17.5 Å². The third-order valence-corrected chi connectivity index (χ3v) is 3.51. The Kier molecular flexibility index (Phi) is 4.57. The average molecular weight is 365 g/mol. The van der Waals surface area contributed by atoms with Crippen LogP contribution in [0.4, 0.5) is 14.6 Å². The molecule has 3 N–H and O–H groups in total. The predicted molar refractivity (Wildman–Crippen MR) is 86.1 cm³/mol. The molecule has 128 valence electrons. The number of nitrogens with zero attached hydrogens (tertiary/aromatic N) is 4. The highest BCUT2D eigenvalue weighted by Gasteiger charge is 2.18. The number of amides is 1. The van der Waals surface area contributed by atoms with Crippen LogP contribution in [0.2, 0.25) is 5.15 Å². The molecule has 1 aromatic carbocycles. The Morgan fingerprint density at radius 2 is 2.12 bits per heavy atom. The highest BCUT2D eigenvalue weighted by Crippen LogP contribution is 2.19. The normalized spacial score (nSPS) is 10.7. The van der Waals surface area contributed by atoms with E-state index in [0.717, 1.165) is 12.1 Å². The third kappa shape index (κ3) is 3.56. The maximum atomic E-state index is 13.6. The zero-order chi connectivity index (χ0) is 18.0. The minimum absolute atomic E-state index is 0.0731. The Labute approximate surface area is 145 Å². The summed E-state index contributed by atoms with van der Waals surface area (Å²) in [6.45, 7) is -0.176. The van der Waals surface area contributed by atoms with Crippen LogP contribution in [0.1, 0.15) is 16.1 Å². The summed E-state index contributed by atoms with van der Waals surface area (Å²) in [6, 6.07) is 4.71. The molecule has 0 aliphatic carbocycles. The van der Waals surface area contributed by atoms with Crippen LogP contribution < -0.4 is 11.1 Å². The molecule has 0 spiro atoms. The minimum atomic E-state index is -0.772. The molecule has 0 aliphatic rings. The number of halogens is 3. The van der Waals surface area contributed by atoms with Crippen molar-refractivity contribution in [1.29, 1.82) is 0 Å². The molecule has 7 nitrogen and oxygen atoms in total. The van der Waals surface area contributed by atoms with Gasteiger partial charge in [-0.2, -0.15) is 5.10 Å². The fraction of sp³-hybridized carbons (Fsp3) is 0.0667. The highest BCUT2D eigenvalue weighted by atomic mass is 35.5. The van der Waals surface area contributed by atoms with Gasteiger partial charge in [-0.15, -0.1) is 0 Å². The van der Waals surface area contributed by atoms with Crippen molar-refractivity contribution in [1.82, 2.24) is 25.1 Å². The Morgan fingerprint density at radius 1 is 1.32 bits per heavy atom. The Balaban J connectivity index is 1.79. The van der Waals surface area contributed by atoms with Crippen LogP contribution in [0, 0.1) is 11.6 Å². The van der Waals surface area contributed by atoms with Crippen LogP contribution in [-0.2, 0) is 6.54 Å². The van der Waals surface area contributed by atoms with Gasteiger partial charge in [0.25, 0.3) is 5.91 Å². The smallest absolute Gasteiger partial charge is 0.274 e. The molecular formula is C15H11ClF2N6O. The minimum Gasteiger partial charge on any atom is -0.382 e. The maximum absolute atomic E-state index is 13.6. The van der Waals surface area contributed by atoms with Gasteiger partial charge in [0.1, 0.15) is 11.6 Å². The number of anilines is 1. The van der Waals surface area contributed by atoms with Crippen LogP contribution in [0.5, 0.6) is 0 Å². The van der Waals surface area contributed by atoms with E-state index in [1.807, 2.05) is 0 Å². The van der Waals surface area contributed by atoms with Crippen molar-refractivity contribution >= 4 is 23.3 Å². The summed E-state index contributed by atoms with van der Waals surface area (Å²) >= 11 is 6.03. The summed E-state index contributed by atoms with van der Waals surface area (Å²) in [4.78, 5) is 20.1.